The minimum atomic E-state index is -1.07. The summed E-state index contributed by atoms with van der Waals surface area (Å²) < 4.78 is 0. The van der Waals surface area contributed by atoms with E-state index in [4.69, 9.17) is 20.4 Å². The summed E-state index contributed by atoms with van der Waals surface area (Å²) in [5.41, 5.74) is 0.209. The van der Waals surface area contributed by atoms with Crippen LogP contribution in [0, 0.1) is 0 Å². The highest BCUT2D eigenvalue weighted by Gasteiger charge is 2.08. The molecule has 0 aliphatic heterocycles. The molecule has 0 aromatic heterocycles. The van der Waals surface area contributed by atoms with Crippen LogP contribution in [0.25, 0.3) is 0 Å². The number of phenolic OH excluding ortho intramolecular Hbond substituents is 3. The molecule has 0 aliphatic carbocycles. The molecule has 0 amide bonds. The zero-order valence-corrected chi connectivity index (χ0v) is 7.06. The fourth-order valence-electron chi connectivity index (χ4n) is 0.884. The summed E-state index contributed by atoms with van der Waals surface area (Å²) in [5.74, 6) is -2.74. The molecule has 0 radical (unpaired) electrons. The van der Waals surface area contributed by atoms with Crippen molar-refractivity contribution in [1.82, 2.24) is 0 Å². The first kappa shape index (κ1) is 9.97. The summed E-state index contributed by atoms with van der Waals surface area (Å²) in [7, 11) is 0. The number of anilines is 1. The number of carbonyl (C=O) groups is 1. The topological polar surface area (TPSA) is 110 Å². The number of aromatic hydroxyl groups is 3. The van der Waals surface area contributed by atoms with Gasteiger partial charge in [-0.3, -0.25) is 4.79 Å². The fraction of sp³-hybridized carbons (Fsp3) is 0.125. The molecule has 0 unspecified atom stereocenters. The van der Waals surface area contributed by atoms with E-state index < -0.39 is 23.2 Å². The van der Waals surface area contributed by atoms with E-state index in [9.17, 15) is 4.79 Å². The Hall–Kier alpha value is -2.11. The molecule has 6 heteroatoms. The van der Waals surface area contributed by atoms with E-state index in [1.807, 2.05) is 0 Å². The molecule has 76 valence electrons. The predicted octanol–water partition coefficient (Wildman–Crippen LogP) is 0.300. The number of nitrogens with one attached hydrogen (secondary N) is 1. The molecule has 0 aliphatic rings. The van der Waals surface area contributed by atoms with Crippen LogP contribution >= 0.6 is 0 Å². The Morgan fingerprint density at radius 2 is 1.71 bits per heavy atom. The smallest absolute Gasteiger partial charge is 0.322 e. The second-order valence-corrected chi connectivity index (χ2v) is 2.61. The number of carboxylic acids is 1. The van der Waals surface area contributed by atoms with Crippen LogP contribution in [-0.4, -0.2) is 32.9 Å². The molecule has 0 fully saturated rings. The van der Waals surface area contributed by atoms with E-state index in [2.05, 4.69) is 5.32 Å². The molecular weight excluding hydrogens is 190 g/mol. The highest BCUT2D eigenvalue weighted by atomic mass is 16.4. The van der Waals surface area contributed by atoms with Crippen molar-refractivity contribution in [2.45, 2.75) is 0 Å². The molecule has 0 bridgehead atoms. The van der Waals surface area contributed by atoms with Crippen LogP contribution in [0.15, 0.2) is 12.1 Å². The third-order valence-corrected chi connectivity index (χ3v) is 1.51. The number of carboxylic acid groups (broad SMARTS) is 1. The molecule has 0 saturated carbocycles. The third kappa shape index (κ3) is 2.19. The Kier molecular flexibility index (Phi) is 2.66. The van der Waals surface area contributed by atoms with Gasteiger partial charge in [-0.05, 0) is 0 Å². The number of phenols is 3. The zero-order valence-electron chi connectivity index (χ0n) is 7.06. The molecule has 6 nitrogen and oxygen atoms in total. The molecule has 0 saturated heterocycles. The van der Waals surface area contributed by atoms with Gasteiger partial charge in [-0.1, -0.05) is 0 Å². The maximum absolute atomic E-state index is 10.2. The molecule has 0 heterocycles. The average Bonchev–Trinajstić information content (AvgIpc) is 2.10. The Labute approximate surface area is 79.0 Å². The van der Waals surface area contributed by atoms with Gasteiger partial charge in [0.2, 0.25) is 0 Å². The number of hydrogen-bond donors (Lipinski definition) is 5. The lowest BCUT2D eigenvalue weighted by atomic mass is 10.2. The average molecular weight is 199 g/mol. The lowest BCUT2D eigenvalue weighted by molar-refractivity contribution is -0.134. The predicted molar refractivity (Wildman–Crippen MR) is 47.6 cm³/mol. The summed E-state index contributed by atoms with van der Waals surface area (Å²) in [4.78, 5) is 10.2. The number of rotatable bonds is 3. The monoisotopic (exact) mass is 199 g/mol. The SMILES string of the molecule is O=C(O)CNc1cc(O)c(O)c(O)c1. The van der Waals surface area contributed by atoms with Crippen molar-refractivity contribution in [3.63, 3.8) is 0 Å². The van der Waals surface area contributed by atoms with E-state index in [-0.39, 0.29) is 12.2 Å². The summed E-state index contributed by atoms with van der Waals surface area (Å²) in [6, 6.07) is 2.22. The summed E-state index contributed by atoms with van der Waals surface area (Å²) in [5, 5.41) is 37.8. The lowest BCUT2D eigenvalue weighted by Crippen LogP contribution is -2.12. The molecule has 1 aromatic rings. The number of benzene rings is 1. The second kappa shape index (κ2) is 3.73. The van der Waals surface area contributed by atoms with E-state index >= 15 is 0 Å². The van der Waals surface area contributed by atoms with Gasteiger partial charge < -0.3 is 25.7 Å². The van der Waals surface area contributed by atoms with Gasteiger partial charge in [0.1, 0.15) is 6.54 Å². The normalized spacial score (nSPS) is 9.71. The second-order valence-electron chi connectivity index (χ2n) is 2.61. The van der Waals surface area contributed by atoms with Gasteiger partial charge in [-0.15, -0.1) is 0 Å². The highest BCUT2D eigenvalue weighted by molar-refractivity contribution is 5.73. The fourth-order valence-corrected chi connectivity index (χ4v) is 0.884. The Bertz CT molecular complexity index is 340. The van der Waals surface area contributed by atoms with Gasteiger partial charge in [-0.2, -0.15) is 0 Å². The van der Waals surface area contributed by atoms with Gasteiger partial charge in [0, 0.05) is 17.8 Å². The largest absolute Gasteiger partial charge is 0.504 e. The quantitative estimate of drug-likeness (QED) is 0.353. The van der Waals surface area contributed by atoms with Gasteiger partial charge in [0.15, 0.2) is 17.2 Å². The Morgan fingerprint density at radius 3 is 2.14 bits per heavy atom. The van der Waals surface area contributed by atoms with Crippen LogP contribution in [0.4, 0.5) is 5.69 Å². The van der Waals surface area contributed by atoms with E-state index in [0.29, 0.717) is 0 Å². The Balaban J connectivity index is 2.84. The minimum Gasteiger partial charge on any atom is -0.504 e. The summed E-state index contributed by atoms with van der Waals surface area (Å²) in [6.45, 7) is -0.344. The summed E-state index contributed by atoms with van der Waals surface area (Å²) >= 11 is 0. The molecule has 14 heavy (non-hydrogen) atoms. The maximum atomic E-state index is 10.2. The van der Waals surface area contributed by atoms with Crippen molar-refractivity contribution in [2.75, 3.05) is 11.9 Å². The van der Waals surface area contributed by atoms with Crippen molar-refractivity contribution in [2.24, 2.45) is 0 Å². The van der Waals surface area contributed by atoms with Crippen LogP contribution in [0.1, 0.15) is 0 Å². The molecule has 0 atom stereocenters. The highest BCUT2D eigenvalue weighted by Crippen LogP contribution is 2.37. The van der Waals surface area contributed by atoms with Crippen molar-refractivity contribution in [3.8, 4) is 17.2 Å². The molecule has 1 aromatic carbocycles. The standard InChI is InChI=1S/C8H9NO5/c10-5-1-4(9-3-7(12)13)2-6(11)8(5)14/h1-2,9-11,14H,3H2,(H,12,13). The first-order valence-electron chi connectivity index (χ1n) is 3.71. The molecule has 5 N–H and O–H groups in total. The summed E-state index contributed by atoms with van der Waals surface area (Å²) in [6.07, 6.45) is 0. The number of hydrogen-bond acceptors (Lipinski definition) is 5. The lowest BCUT2D eigenvalue weighted by Gasteiger charge is -2.06. The van der Waals surface area contributed by atoms with Gasteiger partial charge in [0.25, 0.3) is 0 Å². The first-order valence-corrected chi connectivity index (χ1v) is 3.71. The molecular formula is C8H9NO5. The third-order valence-electron chi connectivity index (χ3n) is 1.51. The van der Waals surface area contributed by atoms with Gasteiger partial charge in [0.05, 0.1) is 0 Å². The van der Waals surface area contributed by atoms with Gasteiger partial charge >= 0.3 is 5.97 Å². The van der Waals surface area contributed by atoms with Crippen LogP contribution in [0.2, 0.25) is 0 Å². The zero-order chi connectivity index (χ0) is 10.7. The van der Waals surface area contributed by atoms with Crippen LogP contribution in [0.3, 0.4) is 0 Å². The van der Waals surface area contributed by atoms with Crippen LogP contribution in [0.5, 0.6) is 17.2 Å². The molecule has 1 rings (SSSR count). The van der Waals surface area contributed by atoms with Crippen molar-refractivity contribution in [3.05, 3.63) is 12.1 Å². The minimum absolute atomic E-state index is 0.209. The Morgan fingerprint density at radius 1 is 1.21 bits per heavy atom. The van der Waals surface area contributed by atoms with E-state index in [0.717, 1.165) is 12.1 Å². The van der Waals surface area contributed by atoms with E-state index in [1.165, 1.54) is 0 Å². The molecule has 0 spiro atoms. The van der Waals surface area contributed by atoms with Crippen molar-refractivity contribution in [1.29, 1.82) is 0 Å². The van der Waals surface area contributed by atoms with Crippen molar-refractivity contribution >= 4 is 11.7 Å². The van der Waals surface area contributed by atoms with Gasteiger partial charge in [-0.25, -0.2) is 0 Å². The van der Waals surface area contributed by atoms with Crippen molar-refractivity contribution < 1.29 is 25.2 Å². The van der Waals surface area contributed by atoms with Crippen LogP contribution < -0.4 is 5.32 Å². The number of aliphatic carboxylic acids is 1. The maximum Gasteiger partial charge on any atom is 0.322 e. The van der Waals surface area contributed by atoms with Crippen LogP contribution in [-0.2, 0) is 4.79 Å². The first-order chi connectivity index (χ1) is 6.50. The van der Waals surface area contributed by atoms with E-state index in [1.54, 1.807) is 0 Å².